The van der Waals surface area contributed by atoms with Crippen LogP contribution in [0.15, 0.2) is 0 Å². The summed E-state index contributed by atoms with van der Waals surface area (Å²) < 4.78 is 1.54. The molecule has 0 bridgehead atoms. The molecule has 3 rings (SSSR count). The molecule has 0 saturated carbocycles. The van der Waals surface area contributed by atoms with Crippen molar-refractivity contribution >= 4 is 33.1 Å². The molecule has 0 radical (unpaired) electrons. The highest BCUT2D eigenvalue weighted by Crippen LogP contribution is 2.32. The fourth-order valence-corrected chi connectivity index (χ4v) is 3.69. The maximum absolute atomic E-state index is 11.1. The summed E-state index contributed by atoms with van der Waals surface area (Å²) in [5.41, 5.74) is 8.05. The topological polar surface area (TPSA) is 113 Å². The number of aromatic nitrogens is 4. The quantitative estimate of drug-likeness (QED) is 0.583. The minimum Gasteiger partial charge on any atom is -0.383 e. The van der Waals surface area contributed by atoms with E-state index >= 15 is 0 Å². The Morgan fingerprint density at radius 2 is 1.96 bits per heavy atom. The highest BCUT2D eigenvalue weighted by molar-refractivity contribution is 7.18. The number of rotatable bonds is 3. The minimum atomic E-state index is -0.418. The molecule has 0 saturated heterocycles. The largest absolute Gasteiger partial charge is 0.383 e. The number of thiophene rings is 1. The van der Waals surface area contributed by atoms with Crippen LogP contribution in [0, 0.1) is 37.8 Å². The first kappa shape index (κ1) is 15.3. The molecule has 0 unspecified atom stereocenters. The summed E-state index contributed by atoms with van der Waals surface area (Å²) in [5.74, 6) is 0.930. The van der Waals surface area contributed by atoms with E-state index in [1.165, 1.54) is 0 Å². The van der Waals surface area contributed by atoms with E-state index in [4.69, 9.17) is 5.73 Å². The Kier molecular flexibility index (Phi) is 3.52. The van der Waals surface area contributed by atoms with E-state index in [0.717, 1.165) is 20.7 Å². The van der Waals surface area contributed by atoms with Crippen molar-refractivity contribution in [3.05, 3.63) is 37.8 Å². The van der Waals surface area contributed by atoms with E-state index in [9.17, 15) is 10.1 Å². The molecule has 8 nitrogen and oxygen atoms in total. The predicted octanol–water partition coefficient (Wildman–Crippen LogP) is 2.66. The van der Waals surface area contributed by atoms with Crippen LogP contribution in [0.2, 0.25) is 0 Å². The molecular formula is C14H16N6O2S. The van der Waals surface area contributed by atoms with Crippen molar-refractivity contribution in [2.45, 2.75) is 34.2 Å². The normalized spacial score (nSPS) is 11.3. The van der Waals surface area contributed by atoms with Gasteiger partial charge in [-0.2, -0.15) is 5.10 Å². The Hall–Kier alpha value is -2.55. The number of aryl methyl sites for hydroxylation is 3. The molecule has 0 fully saturated rings. The van der Waals surface area contributed by atoms with Gasteiger partial charge in [0.25, 0.3) is 0 Å². The van der Waals surface area contributed by atoms with E-state index in [-0.39, 0.29) is 12.2 Å². The lowest BCUT2D eigenvalue weighted by Gasteiger charge is -2.05. The summed E-state index contributed by atoms with van der Waals surface area (Å²) in [6.07, 6.45) is 0. The highest BCUT2D eigenvalue weighted by Gasteiger charge is 2.22. The van der Waals surface area contributed by atoms with Crippen LogP contribution in [0.25, 0.3) is 10.2 Å². The summed E-state index contributed by atoms with van der Waals surface area (Å²) in [6, 6.07) is 0. The maximum atomic E-state index is 11.1. The number of fused-ring (bicyclic) bond motifs is 1. The molecule has 0 aliphatic heterocycles. The molecule has 2 N–H and O–H groups in total. The molecule has 9 heteroatoms. The van der Waals surface area contributed by atoms with Crippen molar-refractivity contribution < 1.29 is 4.92 Å². The van der Waals surface area contributed by atoms with Crippen LogP contribution in [0.3, 0.4) is 0 Å². The monoisotopic (exact) mass is 332 g/mol. The summed E-state index contributed by atoms with van der Waals surface area (Å²) in [5, 5.41) is 16.2. The molecule has 0 aliphatic rings. The predicted molar refractivity (Wildman–Crippen MR) is 88.8 cm³/mol. The zero-order chi connectivity index (χ0) is 16.9. The summed E-state index contributed by atoms with van der Waals surface area (Å²) >= 11 is 1.57. The van der Waals surface area contributed by atoms with Gasteiger partial charge in [0.1, 0.15) is 28.6 Å². The van der Waals surface area contributed by atoms with Gasteiger partial charge in [0, 0.05) is 4.88 Å². The lowest BCUT2D eigenvalue weighted by Crippen LogP contribution is -2.09. The summed E-state index contributed by atoms with van der Waals surface area (Å²) in [6.45, 7) is 7.55. The second kappa shape index (κ2) is 5.27. The molecular weight excluding hydrogens is 316 g/mol. The zero-order valence-corrected chi connectivity index (χ0v) is 14.1. The van der Waals surface area contributed by atoms with E-state index in [1.54, 1.807) is 29.9 Å². The Morgan fingerprint density at radius 1 is 1.26 bits per heavy atom. The van der Waals surface area contributed by atoms with Crippen molar-refractivity contribution in [1.82, 2.24) is 19.7 Å². The van der Waals surface area contributed by atoms with Gasteiger partial charge in [0.05, 0.1) is 10.3 Å². The number of nitro groups is 1. The molecule has 23 heavy (non-hydrogen) atoms. The van der Waals surface area contributed by atoms with Crippen LogP contribution in [0.5, 0.6) is 0 Å². The molecule has 120 valence electrons. The summed E-state index contributed by atoms with van der Waals surface area (Å²) in [4.78, 5) is 21.5. The fraction of sp³-hybridized carbons (Fsp3) is 0.357. The number of nitrogens with zero attached hydrogens (tertiary/aromatic N) is 5. The van der Waals surface area contributed by atoms with Gasteiger partial charge in [0.15, 0.2) is 5.82 Å². The molecule has 0 aromatic carbocycles. The van der Waals surface area contributed by atoms with Gasteiger partial charge in [-0.05, 0) is 33.3 Å². The van der Waals surface area contributed by atoms with Crippen LogP contribution in [0.1, 0.15) is 27.7 Å². The summed E-state index contributed by atoms with van der Waals surface area (Å²) in [7, 11) is 0. The molecule has 3 aromatic rings. The second-order valence-electron chi connectivity index (χ2n) is 5.42. The average Bonchev–Trinajstić information content (AvgIpc) is 2.87. The first-order chi connectivity index (χ1) is 10.8. The third kappa shape index (κ3) is 2.42. The molecule has 0 amide bonds. The van der Waals surface area contributed by atoms with Crippen LogP contribution < -0.4 is 5.73 Å². The van der Waals surface area contributed by atoms with E-state index < -0.39 is 4.92 Å². The van der Waals surface area contributed by atoms with Crippen molar-refractivity contribution in [3.63, 3.8) is 0 Å². The Labute approximate surface area is 136 Å². The Morgan fingerprint density at radius 3 is 2.57 bits per heavy atom. The first-order valence-electron chi connectivity index (χ1n) is 7.00. The van der Waals surface area contributed by atoms with Gasteiger partial charge in [-0.1, -0.05) is 0 Å². The van der Waals surface area contributed by atoms with Gasteiger partial charge in [-0.25, -0.2) is 9.97 Å². The standard InChI is InChI=1S/C14H16N6O2S/c1-6-9(4)23-14-11(6)13(15)16-10(17-14)5-19-8(3)12(20(21)22)7(2)18-19/h5H2,1-4H3,(H2,15,16,17). The van der Waals surface area contributed by atoms with Gasteiger partial charge in [-0.3, -0.25) is 14.8 Å². The zero-order valence-electron chi connectivity index (χ0n) is 13.2. The first-order valence-corrected chi connectivity index (χ1v) is 7.81. The maximum Gasteiger partial charge on any atom is 0.312 e. The van der Waals surface area contributed by atoms with Crippen LogP contribution in [-0.2, 0) is 6.54 Å². The van der Waals surface area contributed by atoms with Gasteiger partial charge >= 0.3 is 5.69 Å². The smallest absolute Gasteiger partial charge is 0.312 e. The number of nitrogens with two attached hydrogens (primary N) is 1. The SMILES string of the molecule is Cc1nn(Cc2nc(N)c3c(C)c(C)sc3n2)c(C)c1[N+](=O)[O-]. The number of hydrogen-bond donors (Lipinski definition) is 1. The van der Waals surface area contributed by atoms with Gasteiger partial charge < -0.3 is 5.73 Å². The van der Waals surface area contributed by atoms with Crippen LogP contribution in [0.4, 0.5) is 11.5 Å². The van der Waals surface area contributed by atoms with Gasteiger partial charge in [0.2, 0.25) is 0 Å². The average molecular weight is 332 g/mol. The Bertz CT molecular complexity index is 943. The number of hydrogen-bond acceptors (Lipinski definition) is 7. The third-order valence-corrected chi connectivity index (χ3v) is 5.02. The molecule has 0 atom stereocenters. The minimum absolute atomic E-state index is 0.0295. The van der Waals surface area contributed by atoms with Crippen molar-refractivity contribution in [2.24, 2.45) is 0 Å². The molecule has 0 aliphatic carbocycles. The van der Waals surface area contributed by atoms with Crippen molar-refractivity contribution in [1.29, 1.82) is 0 Å². The molecule has 0 spiro atoms. The van der Waals surface area contributed by atoms with Gasteiger partial charge in [-0.15, -0.1) is 11.3 Å². The van der Waals surface area contributed by atoms with Crippen LogP contribution in [-0.4, -0.2) is 24.7 Å². The van der Waals surface area contributed by atoms with Crippen molar-refractivity contribution in [2.75, 3.05) is 5.73 Å². The molecule has 3 heterocycles. The molecule has 3 aromatic heterocycles. The third-order valence-electron chi connectivity index (χ3n) is 3.92. The second-order valence-corrected chi connectivity index (χ2v) is 6.63. The van der Waals surface area contributed by atoms with E-state index in [1.807, 2.05) is 13.8 Å². The lowest BCUT2D eigenvalue weighted by molar-refractivity contribution is -0.386. The highest BCUT2D eigenvalue weighted by atomic mass is 32.1. The number of nitrogen functional groups attached to an aromatic ring is 1. The van der Waals surface area contributed by atoms with Crippen LogP contribution >= 0.6 is 11.3 Å². The van der Waals surface area contributed by atoms with Crippen molar-refractivity contribution in [3.8, 4) is 0 Å². The van der Waals surface area contributed by atoms with E-state index in [2.05, 4.69) is 15.1 Å². The number of anilines is 1. The van der Waals surface area contributed by atoms with E-state index in [0.29, 0.717) is 23.0 Å². The fourth-order valence-electron chi connectivity index (χ4n) is 2.64. The lowest BCUT2D eigenvalue weighted by atomic mass is 10.2. The Balaban J connectivity index is 2.06.